The maximum atomic E-state index is 12.8. The Morgan fingerprint density at radius 2 is 1.83 bits per heavy atom. The summed E-state index contributed by atoms with van der Waals surface area (Å²) >= 11 is 0. The van der Waals surface area contributed by atoms with Crippen LogP contribution in [-0.2, 0) is 21.5 Å². The van der Waals surface area contributed by atoms with E-state index in [2.05, 4.69) is 0 Å². The van der Waals surface area contributed by atoms with Crippen LogP contribution in [0.2, 0.25) is 0 Å². The zero-order chi connectivity index (χ0) is 17.9. The highest BCUT2D eigenvalue weighted by Crippen LogP contribution is 2.26. The van der Waals surface area contributed by atoms with Crippen LogP contribution in [0.15, 0.2) is 40.8 Å². The molecular weight excluding hydrogens is 306 g/mol. The van der Waals surface area contributed by atoms with E-state index in [4.69, 9.17) is 9.15 Å². The molecular formula is C19H23NO4. The van der Waals surface area contributed by atoms with Gasteiger partial charge < -0.3 is 14.1 Å². The highest BCUT2D eigenvalue weighted by atomic mass is 16.5. The van der Waals surface area contributed by atoms with Gasteiger partial charge in [0.1, 0.15) is 17.1 Å². The van der Waals surface area contributed by atoms with Gasteiger partial charge in [0.15, 0.2) is 0 Å². The molecule has 0 radical (unpaired) electrons. The van der Waals surface area contributed by atoms with Gasteiger partial charge >= 0.3 is 5.97 Å². The Hall–Kier alpha value is -2.56. The maximum absolute atomic E-state index is 12.8. The van der Waals surface area contributed by atoms with Crippen molar-refractivity contribution in [3.8, 4) is 0 Å². The van der Waals surface area contributed by atoms with Crippen molar-refractivity contribution in [2.24, 2.45) is 0 Å². The van der Waals surface area contributed by atoms with Crippen molar-refractivity contribution >= 4 is 11.9 Å². The quantitative estimate of drug-likeness (QED) is 0.790. The van der Waals surface area contributed by atoms with Gasteiger partial charge in [-0.3, -0.25) is 4.79 Å². The number of furan rings is 1. The average Bonchev–Trinajstić information content (AvgIpc) is 2.94. The van der Waals surface area contributed by atoms with Crippen molar-refractivity contribution < 1.29 is 18.7 Å². The highest BCUT2D eigenvalue weighted by Gasteiger charge is 2.32. The lowest BCUT2D eigenvalue weighted by Gasteiger charge is -2.29. The van der Waals surface area contributed by atoms with Gasteiger partial charge in [0, 0.05) is 7.05 Å². The molecule has 1 aromatic carbocycles. The fourth-order valence-corrected chi connectivity index (χ4v) is 2.70. The van der Waals surface area contributed by atoms with Crippen LogP contribution in [0.5, 0.6) is 0 Å². The molecule has 24 heavy (non-hydrogen) atoms. The second-order valence-electron chi connectivity index (χ2n) is 6.33. The van der Waals surface area contributed by atoms with Gasteiger partial charge in [-0.15, -0.1) is 0 Å². The topological polar surface area (TPSA) is 59.8 Å². The number of likely N-dealkylation sites (N-methyl/N-ethyl adjacent to an activating group) is 1. The van der Waals surface area contributed by atoms with Crippen molar-refractivity contribution in [3.63, 3.8) is 0 Å². The molecule has 0 spiro atoms. The summed E-state index contributed by atoms with van der Waals surface area (Å²) in [6.45, 7) is 5.78. The van der Waals surface area contributed by atoms with E-state index in [0.29, 0.717) is 17.1 Å². The Morgan fingerprint density at radius 1 is 1.21 bits per heavy atom. The number of rotatable bonds is 5. The van der Waals surface area contributed by atoms with E-state index in [1.807, 2.05) is 44.2 Å². The van der Waals surface area contributed by atoms with E-state index in [1.165, 1.54) is 7.11 Å². The van der Waals surface area contributed by atoms with E-state index < -0.39 is 11.4 Å². The first-order valence-corrected chi connectivity index (χ1v) is 7.76. The minimum absolute atomic E-state index is 0.0256. The summed E-state index contributed by atoms with van der Waals surface area (Å²) in [5.41, 5.74) is 0.687. The number of methoxy groups -OCH3 is 1. The number of esters is 1. The number of benzene rings is 1. The van der Waals surface area contributed by atoms with Gasteiger partial charge in [0.2, 0.25) is 5.91 Å². The summed E-state index contributed by atoms with van der Waals surface area (Å²) in [6.07, 6.45) is 0. The normalized spacial score (nSPS) is 11.2. The number of ether oxygens (including phenoxy) is 1. The summed E-state index contributed by atoms with van der Waals surface area (Å²) < 4.78 is 10.3. The van der Waals surface area contributed by atoms with Crippen molar-refractivity contribution in [1.29, 1.82) is 0 Å². The van der Waals surface area contributed by atoms with Crippen molar-refractivity contribution in [2.75, 3.05) is 14.2 Å². The van der Waals surface area contributed by atoms with Gasteiger partial charge in [-0.2, -0.15) is 0 Å². The molecule has 1 heterocycles. The van der Waals surface area contributed by atoms with E-state index in [0.717, 1.165) is 5.56 Å². The largest absolute Gasteiger partial charge is 0.465 e. The van der Waals surface area contributed by atoms with E-state index in [1.54, 1.807) is 24.9 Å². The predicted molar refractivity (Wildman–Crippen MR) is 90.7 cm³/mol. The summed E-state index contributed by atoms with van der Waals surface area (Å²) in [7, 11) is 3.05. The third-order valence-electron chi connectivity index (χ3n) is 4.14. The molecule has 0 saturated carbocycles. The lowest BCUT2D eigenvalue weighted by atomic mass is 9.83. The number of carbonyl (C=O) groups excluding carboxylic acids is 2. The van der Waals surface area contributed by atoms with E-state index in [9.17, 15) is 9.59 Å². The molecule has 0 saturated heterocycles. The molecule has 0 N–H and O–H groups in total. The molecule has 5 heteroatoms. The molecule has 0 bridgehead atoms. The minimum atomic E-state index is -0.650. The Kier molecular flexibility index (Phi) is 5.12. The summed E-state index contributed by atoms with van der Waals surface area (Å²) in [5.74, 6) is 0.566. The second-order valence-corrected chi connectivity index (χ2v) is 6.33. The molecule has 1 aromatic heterocycles. The molecule has 2 rings (SSSR count). The Balaban J connectivity index is 2.16. The number of carbonyl (C=O) groups is 2. The van der Waals surface area contributed by atoms with Crippen LogP contribution >= 0.6 is 0 Å². The van der Waals surface area contributed by atoms with Crippen LogP contribution in [0, 0.1) is 6.92 Å². The SMILES string of the molecule is COC(=O)c1cc(CN(C)C(=O)C(C)(C)c2ccccc2)oc1C. The first-order valence-electron chi connectivity index (χ1n) is 7.76. The van der Waals surface area contributed by atoms with Crippen molar-refractivity contribution in [1.82, 2.24) is 4.90 Å². The molecule has 5 nitrogen and oxygen atoms in total. The van der Waals surface area contributed by atoms with Gasteiger partial charge in [-0.05, 0) is 32.4 Å². The maximum Gasteiger partial charge on any atom is 0.341 e. The molecule has 0 fully saturated rings. The second kappa shape index (κ2) is 6.91. The number of hydrogen-bond donors (Lipinski definition) is 0. The van der Waals surface area contributed by atoms with Crippen molar-refractivity contribution in [3.05, 3.63) is 59.0 Å². The van der Waals surface area contributed by atoms with Gasteiger partial charge in [-0.1, -0.05) is 30.3 Å². The molecule has 0 atom stereocenters. The number of hydrogen-bond acceptors (Lipinski definition) is 4. The predicted octanol–water partition coefficient (Wildman–Crippen LogP) is 3.31. The fraction of sp³-hybridized carbons (Fsp3) is 0.368. The van der Waals surface area contributed by atoms with Crippen LogP contribution in [0.1, 0.15) is 41.3 Å². The fourth-order valence-electron chi connectivity index (χ4n) is 2.70. The zero-order valence-corrected chi connectivity index (χ0v) is 14.8. The molecule has 0 aliphatic carbocycles. The lowest BCUT2D eigenvalue weighted by molar-refractivity contribution is -0.135. The number of aryl methyl sites for hydroxylation is 1. The van der Waals surface area contributed by atoms with Crippen molar-refractivity contribution in [2.45, 2.75) is 32.7 Å². The van der Waals surface area contributed by atoms with Crippen LogP contribution in [0.3, 0.4) is 0 Å². The average molecular weight is 329 g/mol. The lowest BCUT2D eigenvalue weighted by Crippen LogP contribution is -2.40. The molecule has 2 aromatic rings. The van der Waals surface area contributed by atoms with Gasteiger partial charge in [-0.25, -0.2) is 4.79 Å². The Bertz CT molecular complexity index is 731. The molecule has 128 valence electrons. The zero-order valence-electron chi connectivity index (χ0n) is 14.8. The summed E-state index contributed by atoms with van der Waals surface area (Å²) in [6, 6.07) is 11.3. The molecule has 0 aliphatic rings. The minimum Gasteiger partial charge on any atom is -0.465 e. The van der Waals surface area contributed by atoms with Gasteiger partial charge in [0.25, 0.3) is 0 Å². The highest BCUT2D eigenvalue weighted by molar-refractivity contribution is 5.90. The number of amides is 1. The monoisotopic (exact) mass is 329 g/mol. The Morgan fingerprint density at radius 3 is 2.42 bits per heavy atom. The summed E-state index contributed by atoms with van der Waals surface area (Å²) in [5, 5.41) is 0. The van der Waals surface area contributed by atoms with Crippen LogP contribution in [0.25, 0.3) is 0 Å². The van der Waals surface area contributed by atoms with Gasteiger partial charge in [0.05, 0.1) is 19.1 Å². The smallest absolute Gasteiger partial charge is 0.341 e. The first-order chi connectivity index (χ1) is 11.3. The third kappa shape index (κ3) is 3.50. The van der Waals surface area contributed by atoms with E-state index >= 15 is 0 Å². The van der Waals surface area contributed by atoms with Crippen LogP contribution in [0.4, 0.5) is 0 Å². The number of nitrogens with zero attached hydrogens (tertiary/aromatic N) is 1. The molecule has 0 unspecified atom stereocenters. The third-order valence-corrected chi connectivity index (χ3v) is 4.14. The van der Waals surface area contributed by atoms with E-state index in [-0.39, 0.29) is 12.5 Å². The first kappa shape index (κ1) is 17.8. The Labute approximate surface area is 142 Å². The molecule has 0 aliphatic heterocycles. The standard InChI is InChI=1S/C19H23NO4/c1-13-16(17(21)23-5)11-15(24-13)12-20(4)18(22)19(2,3)14-9-7-6-8-10-14/h6-11H,12H2,1-5H3. The molecule has 1 amide bonds. The summed E-state index contributed by atoms with van der Waals surface area (Å²) in [4.78, 5) is 26.1. The van der Waals surface area contributed by atoms with Crippen LogP contribution < -0.4 is 0 Å². The van der Waals surface area contributed by atoms with Crippen LogP contribution in [-0.4, -0.2) is 30.9 Å².